The summed E-state index contributed by atoms with van der Waals surface area (Å²) in [5, 5.41) is 12.2. The molecule has 5 heteroatoms. The van der Waals surface area contributed by atoms with Crippen molar-refractivity contribution in [2.45, 2.75) is 20.3 Å². The number of rotatable bonds is 6. The van der Waals surface area contributed by atoms with E-state index in [1.165, 1.54) is 0 Å². The Morgan fingerprint density at radius 1 is 1.25 bits per heavy atom. The second kappa shape index (κ2) is 6.86. The van der Waals surface area contributed by atoms with Crippen molar-refractivity contribution < 1.29 is 9.84 Å². The number of aryl methyl sites for hydroxylation is 1. The van der Waals surface area contributed by atoms with Gasteiger partial charge < -0.3 is 15.2 Å². The van der Waals surface area contributed by atoms with Crippen LogP contribution in [0.4, 0.5) is 5.82 Å². The number of anilines is 1. The Labute approximate surface area is 118 Å². The van der Waals surface area contributed by atoms with Gasteiger partial charge in [0.15, 0.2) is 0 Å². The van der Waals surface area contributed by atoms with Crippen LogP contribution in [0.15, 0.2) is 30.3 Å². The van der Waals surface area contributed by atoms with Gasteiger partial charge in [0, 0.05) is 19.2 Å². The number of aromatic nitrogens is 2. The molecule has 0 bridgehead atoms. The number of nitrogens with one attached hydrogen (secondary N) is 1. The summed E-state index contributed by atoms with van der Waals surface area (Å²) in [5.41, 5.74) is 0.955. The van der Waals surface area contributed by atoms with E-state index in [4.69, 9.17) is 9.84 Å². The smallest absolute Gasteiger partial charge is 0.224 e. The van der Waals surface area contributed by atoms with Gasteiger partial charge in [-0.1, -0.05) is 18.2 Å². The van der Waals surface area contributed by atoms with Crippen molar-refractivity contribution in [3.63, 3.8) is 0 Å². The van der Waals surface area contributed by atoms with Crippen LogP contribution in [0.1, 0.15) is 18.3 Å². The van der Waals surface area contributed by atoms with Crippen molar-refractivity contribution >= 4 is 5.82 Å². The van der Waals surface area contributed by atoms with E-state index in [9.17, 15) is 0 Å². The summed E-state index contributed by atoms with van der Waals surface area (Å²) in [6.45, 7) is 4.71. The summed E-state index contributed by atoms with van der Waals surface area (Å²) < 4.78 is 5.83. The zero-order valence-corrected chi connectivity index (χ0v) is 11.8. The third-order valence-electron chi connectivity index (χ3n) is 2.74. The standard InChI is InChI=1S/C15H19N3O2/c1-3-16-14-10-15(18-11(2)17-14)20-13-7-5-4-6-12(13)8-9-19/h4-7,10,19H,3,8-9H2,1-2H3,(H,16,17,18). The van der Waals surface area contributed by atoms with E-state index in [-0.39, 0.29) is 6.61 Å². The maximum Gasteiger partial charge on any atom is 0.224 e. The maximum absolute atomic E-state index is 9.08. The molecule has 1 aromatic heterocycles. The number of benzene rings is 1. The summed E-state index contributed by atoms with van der Waals surface area (Å²) in [6, 6.07) is 9.40. The van der Waals surface area contributed by atoms with Gasteiger partial charge in [-0.3, -0.25) is 0 Å². The molecule has 2 aromatic rings. The summed E-state index contributed by atoms with van der Waals surface area (Å²) in [7, 11) is 0. The van der Waals surface area contributed by atoms with Crippen molar-refractivity contribution in [3.8, 4) is 11.6 Å². The molecule has 5 nitrogen and oxygen atoms in total. The Balaban J connectivity index is 2.25. The average molecular weight is 273 g/mol. The summed E-state index contributed by atoms with van der Waals surface area (Å²) >= 11 is 0. The Bertz CT molecular complexity index is 573. The molecule has 20 heavy (non-hydrogen) atoms. The normalized spacial score (nSPS) is 10.3. The third kappa shape index (κ3) is 3.68. The lowest BCUT2D eigenvalue weighted by Crippen LogP contribution is -2.03. The lowest BCUT2D eigenvalue weighted by atomic mass is 10.1. The van der Waals surface area contributed by atoms with Gasteiger partial charge in [-0.2, -0.15) is 4.98 Å². The lowest BCUT2D eigenvalue weighted by molar-refractivity contribution is 0.297. The fraction of sp³-hybridized carbons (Fsp3) is 0.333. The van der Waals surface area contributed by atoms with Gasteiger partial charge in [0.1, 0.15) is 17.4 Å². The highest BCUT2D eigenvalue weighted by Crippen LogP contribution is 2.25. The predicted octanol–water partition coefficient (Wildman–Crippen LogP) is 2.54. The Hall–Kier alpha value is -2.14. The van der Waals surface area contributed by atoms with E-state index in [1.807, 2.05) is 38.1 Å². The Kier molecular flexibility index (Phi) is 4.90. The lowest BCUT2D eigenvalue weighted by Gasteiger charge is -2.11. The molecule has 1 heterocycles. The number of hydrogen-bond donors (Lipinski definition) is 2. The third-order valence-corrected chi connectivity index (χ3v) is 2.74. The first-order valence-corrected chi connectivity index (χ1v) is 6.69. The largest absolute Gasteiger partial charge is 0.439 e. The van der Waals surface area contributed by atoms with Crippen LogP contribution in [0, 0.1) is 6.92 Å². The molecule has 0 unspecified atom stereocenters. The van der Waals surface area contributed by atoms with E-state index >= 15 is 0 Å². The predicted molar refractivity (Wildman–Crippen MR) is 78.2 cm³/mol. The van der Waals surface area contributed by atoms with E-state index in [0.29, 0.717) is 23.9 Å². The average Bonchev–Trinajstić information content (AvgIpc) is 2.41. The van der Waals surface area contributed by atoms with Crippen LogP contribution in [0.3, 0.4) is 0 Å². The van der Waals surface area contributed by atoms with E-state index in [0.717, 1.165) is 17.9 Å². The van der Waals surface area contributed by atoms with Gasteiger partial charge in [-0.05, 0) is 31.9 Å². The second-order valence-electron chi connectivity index (χ2n) is 4.35. The molecule has 0 saturated carbocycles. The van der Waals surface area contributed by atoms with Crippen molar-refractivity contribution in [2.24, 2.45) is 0 Å². The quantitative estimate of drug-likeness (QED) is 0.846. The van der Waals surface area contributed by atoms with Crippen molar-refractivity contribution in [1.82, 2.24) is 9.97 Å². The van der Waals surface area contributed by atoms with E-state index in [2.05, 4.69) is 15.3 Å². The first kappa shape index (κ1) is 14.3. The monoisotopic (exact) mass is 273 g/mol. The molecule has 0 amide bonds. The topological polar surface area (TPSA) is 67.3 Å². The van der Waals surface area contributed by atoms with Crippen LogP contribution >= 0.6 is 0 Å². The van der Waals surface area contributed by atoms with Crippen LogP contribution in [0.2, 0.25) is 0 Å². The van der Waals surface area contributed by atoms with Crippen molar-refractivity contribution in [2.75, 3.05) is 18.5 Å². The molecule has 106 valence electrons. The fourth-order valence-electron chi connectivity index (χ4n) is 1.91. The minimum atomic E-state index is 0.0891. The van der Waals surface area contributed by atoms with Crippen LogP contribution in [0.25, 0.3) is 0 Å². The van der Waals surface area contributed by atoms with Crippen molar-refractivity contribution in [1.29, 1.82) is 0 Å². The number of hydrogen-bond acceptors (Lipinski definition) is 5. The van der Waals surface area contributed by atoms with Gasteiger partial charge in [0.2, 0.25) is 5.88 Å². The first-order valence-electron chi connectivity index (χ1n) is 6.69. The SMILES string of the molecule is CCNc1cc(Oc2ccccc2CCO)nc(C)n1. The highest BCUT2D eigenvalue weighted by Gasteiger charge is 2.07. The van der Waals surface area contributed by atoms with Gasteiger partial charge in [-0.15, -0.1) is 0 Å². The Morgan fingerprint density at radius 3 is 2.80 bits per heavy atom. The first-order chi connectivity index (χ1) is 9.72. The maximum atomic E-state index is 9.08. The zero-order chi connectivity index (χ0) is 14.4. The summed E-state index contributed by atoms with van der Waals surface area (Å²) in [6.07, 6.45) is 0.556. The molecule has 0 saturated heterocycles. The Morgan fingerprint density at radius 2 is 2.05 bits per heavy atom. The number of ether oxygens (including phenoxy) is 1. The fourth-order valence-corrected chi connectivity index (χ4v) is 1.91. The number of para-hydroxylation sites is 1. The second-order valence-corrected chi connectivity index (χ2v) is 4.35. The van der Waals surface area contributed by atoms with Gasteiger partial charge in [0.25, 0.3) is 0 Å². The molecular formula is C15H19N3O2. The van der Waals surface area contributed by atoms with Crippen LogP contribution in [0.5, 0.6) is 11.6 Å². The van der Waals surface area contributed by atoms with Crippen molar-refractivity contribution in [3.05, 3.63) is 41.7 Å². The molecule has 0 aliphatic carbocycles. The molecule has 0 atom stereocenters. The summed E-state index contributed by atoms with van der Waals surface area (Å²) in [4.78, 5) is 8.56. The molecule has 1 aromatic carbocycles. The highest BCUT2D eigenvalue weighted by molar-refractivity contribution is 5.41. The van der Waals surface area contributed by atoms with Crippen LogP contribution < -0.4 is 10.1 Å². The molecule has 0 radical (unpaired) electrons. The molecule has 0 aliphatic rings. The minimum absolute atomic E-state index is 0.0891. The molecule has 2 rings (SSSR count). The van der Waals surface area contributed by atoms with Crippen LogP contribution in [-0.4, -0.2) is 28.2 Å². The minimum Gasteiger partial charge on any atom is -0.439 e. The molecular weight excluding hydrogens is 254 g/mol. The number of nitrogens with zero attached hydrogens (tertiary/aromatic N) is 2. The van der Waals surface area contributed by atoms with Gasteiger partial charge in [-0.25, -0.2) is 4.98 Å². The summed E-state index contributed by atoms with van der Waals surface area (Å²) in [5.74, 6) is 2.61. The molecule has 0 fully saturated rings. The number of aliphatic hydroxyl groups excluding tert-OH is 1. The zero-order valence-electron chi connectivity index (χ0n) is 11.8. The van der Waals surface area contributed by atoms with Crippen LogP contribution in [-0.2, 0) is 6.42 Å². The molecule has 0 aliphatic heterocycles. The van der Waals surface area contributed by atoms with E-state index in [1.54, 1.807) is 6.07 Å². The van der Waals surface area contributed by atoms with Gasteiger partial charge in [0.05, 0.1) is 0 Å². The highest BCUT2D eigenvalue weighted by atomic mass is 16.5. The number of aliphatic hydroxyl groups is 1. The molecule has 0 spiro atoms. The van der Waals surface area contributed by atoms with Gasteiger partial charge >= 0.3 is 0 Å². The van der Waals surface area contributed by atoms with E-state index < -0.39 is 0 Å². The molecule has 2 N–H and O–H groups in total.